The number of benzene rings is 3. The van der Waals surface area contributed by atoms with E-state index in [2.05, 4.69) is 261 Å². The van der Waals surface area contributed by atoms with Crippen molar-refractivity contribution in [2.75, 3.05) is 0 Å². The van der Waals surface area contributed by atoms with E-state index in [1.165, 1.54) is 0 Å². The molecule has 0 atom stereocenters. The van der Waals surface area contributed by atoms with E-state index in [9.17, 15) is 0 Å². The van der Waals surface area contributed by atoms with Crippen LogP contribution in [0.4, 0.5) is 0 Å². The van der Waals surface area contributed by atoms with Crippen molar-refractivity contribution in [1.29, 1.82) is 0 Å². The van der Waals surface area contributed by atoms with Crippen molar-refractivity contribution in [2.24, 2.45) is 0 Å². The van der Waals surface area contributed by atoms with Gasteiger partial charge in [0.25, 0.3) is 0 Å². The van der Waals surface area contributed by atoms with E-state index in [1.807, 2.05) is 6.07 Å². The van der Waals surface area contributed by atoms with Gasteiger partial charge in [-0.15, -0.1) is 0 Å². The quantitative estimate of drug-likeness (QED) is 0.106. The molecule has 194 valence electrons. The third-order valence-electron chi connectivity index (χ3n) is 5.03. The Morgan fingerprint density at radius 1 is 0.361 bits per heavy atom. The summed E-state index contributed by atoms with van der Waals surface area (Å²) in [4.78, 5) is 0. The lowest BCUT2D eigenvalue weighted by Crippen LogP contribution is -2.43. The van der Waals surface area contributed by atoms with E-state index in [0.29, 0.717) is 0 Å². The Labute approximate surface area is 342 Å². The van der Waals surface area contributed by atoms with Crippen LogP contribution in [0.1, 0.15) is 16.7 Å². The van der Waals surface area contributed by atoms with Gasteiger partial charge in [-0.1, -0.05) is 53.9 Å². The fourth-order valence-corrected chi connectivity index (χ4v) is 14.2. The Morgan fingerprint density at radius 2 is 0.667 bits per heavy atom. The lowest BCUT2D eigenvalue weighted by Gasteiger charge is -2.46. The largest absolute Gasteiger partial charge is 0.152 e. The van der Waals surface area contributed by atoms with Crippen LogP contribution in [0.5, 0.6) is 0 Å². The van der Waals surface area contributed by atoms with Gasteiger partial charge in [0.05, 0.1) is 5.41 Å². The average Bonchev–Trinajstić information content (AvgIpc) is 2.81. The maximum Gasteiger partial charge on any atom is 0.152 e. The molecule has 0 spiro atoms. The molecule has 0 amide bonds. The number of halogens is 16. The highest BCUT2D eigenvalue weighted by Gasteiger charge is 2.57. The molecule has 0 heterocycles. The average molecular weight is 1520 g/mol. The number of hydrogen-bond donors (Lipinski definition) is 0. The van der Waals surface area contributed by atoms with Gasteiger partial charge in [-0.2, -0.15) is 0 Å². The smallest absolute Gasteiger partial charge is 0.0582 e. The topological polar surface area (TPSA) is 0 Å². The lowest BCUT2D eigenvalue weighted by molar-refractivity contribution is 0.649. The summed E-state index contributed by atoms with van der Waals surface area (Å²) >= 11 is 61.3. The third kappa shape index (κ3) is 6.10. The molecule has 0 unspecified atom stereocenters. The molecular weight excluding hydrogens is 1520 g/mol. The van der Waals surface area contributed by atoms with Crippen LogP contribution in [0.25, 0.3) is 0 Å². The highest BCUT2D eigenvalue weighted by atomic mass is 80.0. The van der Waals surface area contributed by atoms with E-state index >= 15 is 0 Å². The summed E-state index contributed by atoms with van der Waals surface area (Å²) in [5, 5.41) is 0. The van der Waals surface area contributed by atoms with Crippen LogP contribution in [0.2, 0.25) is 0 Å². The van der Waals surface area contributed by atoms with Gasteiger partial charge in [0.15, 0.2) is 2.14 Å². The number of alkyl halides is 3. The molecule has 0 aliphatic rings. The lowest BCUT2D eigenvalue weighted by atomic mass is 9.71. The first kappa shape index (κ1) is 35.8. The fourth-order valence-electron chi connectivity index (χ4n) is 3.51. The zero-order valence-corrected chi connectivity index (χ0v) is 41.6. The summed E-state index contributed by atoms with van der Waals surface area (Å²) in [6, 6.07) is 4.08. The molecule has 0 saturated heterocycles. The first-order valence-corrected chi connectivity index (χ1v) is 21.4. The third-order valence-corrected chi connectivity index (χ3v) is 22.4. The van der Waals surface area contributed by atoms with E-state index in [4.69, 9.17) is 0 Å². The molecule has 0 aliphatic carbocycles. The minimum Gasteiger partial charge on any atom is -0.0582 e. The first-order chi connectivity index (χ1) is 16.4. The van der Waals surface area contributed by atoms with Crippen LogP contribution in [0.3, 0.4) is 0 Å². The molecule has 0 nitrogen and oxygen atoms in total. The molecule has 0 saturated carbocycles. The highest BCUT2D eigenvalue weighted by molar-refractivity contribution is 9.39. The Balaban J connectivity index is 2.87. The first-order valence-electron chi connectivity index (χ1n) is 8.68. The molecule has 0 aromatic heterocycles. The molecule has 3 aromatic rings. The zero-order chi connectivity index (χ0) is 27.7. The summed E-state index contributed by atoms with van der Waals surface area (Å²) in [6.45, 7) is 0. The molecule has 0 N–H and O–H groups in total. The van der Waals surface area contributed by atoms with Crippen molar-refractivity contribution in [2.45, 2.75) is 7.56 Å². The standard InChI is InChI=1S/C20H2Br16/c21-4-2-1-3(7(22)8(4)23)19(20(34,35)36,5-9(24)13(28)17(32)14(29)10(5)25)6-11(26)15(30)18(33)16(31)12(6)27/h1-2H. The van der Waals surface area contributed by atoms with Gasteiger partial charge in [0.1, 0.15) is 0 Å². The predicted molar refractivity (Wildman–Crippen MR) is 209 cm³/mol. The fraction of sp³-hybridized carbons (Fsp3) is 0.100. The van der Waals surface area contributed by atoms with E-state index in [-0.39, 0.29) is 0 Å². The van der Waals surface area contributed by atoms with Gasteiger partial charge in [0, 0.05) is 69.3 Å². The summed E-state index contributed by atoms with van der Waals surface area (Å²) in [5.41, 5.74) is 1.72. The van der Waals surface area contributed by atoms with Crippen molar-refractivity contribution < 1.29 is 0 Å². The summed E-state index contributed by atoms with van der Waals surface area (Å²) in [6.07, 6.45) is 0. The molecule has 0 fully saturated rings. The van der Waals surface area contributed by atoms with Gasteiger partial charge in [-0.25, -0.2) is 0 Å². The second-order valence-corrected chi connectivity index (χ2v) is 24.0. The second-order valence-electron chi connectivity index (χ2n) is 6.86. The Morgan fingerprint density at radius 3 is 0.972 bits per heavy atom. The van der Waals surface area contributed by atoms with Crippen LogP contribution >= 0.6 is 255 Å². The normalized spacial score (nSPS) is 12.4. The maximum atomic E-state index is 3.98. The minimum atomic E-state index is -0.998. The monoisotopic (exact) mass is 1500 g/mol. The zero-order valence-electron chi connectivity index (χ0n) is 16.2. The van der Waals surface area contributed by atoms with Crippen molar-refractivity contribution in [3.05, 3.63) is 87.0 Å². The van der Waals surface area contributed by atoms with Gasteiger partial charge >= 0.3 is 0 Å². The van der Waals surface area contributed by atoms with Gasteiger partial charge in [-0.05, 0) is 219 Å². The Hall–Kier alpha value is 5.34. The summed E-state index contributed by atoms with van der Waals surface area (Å²) in [7, 11) is 0. The van der Waals surface area contributed by atoms with Gasteiger partial charge < -0.3 is 0 Å². The Kier molecular flexibility index (Phi) is 13.7. The van der Waals surface area contributed by atoms with Gasteiger partial charge in [0.2, 0.25) is 0 Å². The summed E-state index contributed by atoms with van der Waals surface area (Å²) < 4.78 is 10.0. The van der Waals surface area contributed by atoms with Crippen molar-refractivity contribution in [3.63, 3.8) is 0 Å². The molecule has 16 heteroatoms. The minimum absolute atomic E-state index is 0.826. The molecule has 0 radical (unpaired) electrons. The molecule has 36 heavy (non-hydrogen) atoms. The number of hydrogen-bond acceptors (Lipinski definition) is 0. The van der Waals surface area contributed by atoms with Crippen LogP contribution in [-0.2, 0) is 5.41 Å². The van der Waals surface area contributed by atoms with Crippen LogP contribution < -0.4 is 0 Å². The second kappa shape index (κ2) is 13.8. The van der Waals surface area contributed by atoms with Crippen LogP contribution in [-0.4, -0.2) is 2.14 Å². The molecule has 0 bridgehead atoms. The molecule has 3 rings (SSSR count). The van der Waals surface area contributed by atoms with Crippen LogP contribution in [0.15, 0.2) is 70.3 Å². The SMILES string of the molecule is Brc1ccc(C(c2c(Br)c(Br)c(Br)c(Br)c2Br)(c2c(Br)c(Br)c(Br)c(Br)c2Br)C(Br)(Br)Br)c(Br)c1Br. The van der Waals surface area contributed by atoms with E-state index < -0.39 is 7.56 Å². The van der Waals surface area contributed by atoms with Crippen molar-refractivity contribution in [3.8, 4) is 0 Å². The van der Waals surface area contributed by atoms with Crippen LogP contribution in [0, 0.1) is 0 Å². The van der Waals surface area contributed by atoms with Crippen molar-refractivity contribution >= 4 is 255 Å². The summed E-state index contributed by atoms with van der Waals surface area (Å²) in [5.74, 6) is 0. The van der Waals surface area contributed by atoms with E-state index in [1.54, 1.807) is 0 Å². The molecule has 0 aliphatic heterocycles. The maximum absolute atomic E-state index is 3.98. The van der Waals surface area contributed by atoms with E-state index in [0.717, 1.165) is 74.8 Å². The number of rotatable bonds is 3. The molecule has 3 aromatic carbocycles. The highest BCUT2D eigenvalue weighted by Crippen LogP contribution is 2.67. The van der Waals surface area contributed by atoms with Crippen molar-refractivity contribution in [1.82, 2.24) is 0 Å². The molecular formula is C20H2Br16. The predicted octanol–water partition coefficient (Wildman–Crippen LogP) is 16.8. The Bertz CT molecular complexity index is 1280. The van der Waals surface area contributed by atoms with Gasteiger partial charge in [-0.3, -0.25) is 0 Å².